The maximum Gasteiger partial charge on any atom is 0.0362 e. The van der Waals surface area contributed by atoms with Crippen LogP contribution in [0.1, 0.15) is 0 Å². The summed E-state index contributed by atoms with van der Waals surface area (Å²) in [4.78, 5) is 3.43. The van der Waals surface area contributed by atoms with Gasteiger partial charge in [0.2, 0.25) is 0 Å². The van der Waals surface area contributed by atoms with Gasteiger partial charge in [-0.15, -0.1) is 11.8 Å². The predicted molar refractivity (Wildman–Crippen MR) is 86.4 cm³/mol. The summed E-state index contributed by atoms with van der Waals surface area (Å²) >= 11 is 1.88. The van der Waals surface area contributed by atoms with Crippen LogP contribution in [-0.2, 0) is 0 Å². The standard InChI is InChI=1S/C16H20N2S/c1-18(2)15-10-8-14(9-11-15)17-12-13-19-16-6-4-3-5-7-16/h3-11,17H,12-13H2,1-2H3. The monoisotopic (exact) mass is 272 g/mol. The van der Waals surface area contributed by atoms with E-state index in [9.17, 15) is 0 Å². The molecule has 2 rings (SSSR count). The third kappa shape index (κ3) is 4.52. The van der Waals surface area contributed by atoms with Crippen molar-refractivity contribution in [2.24, 2.45) is 0 Å². The third-order valence-corrected chi connectivity index (χ3v) is 3.84. The van der Waals surface area contributed by atoms with Gasteiger partial charge in [0.05, 0.1) is 0 Å². The van der Waals surface area contributed by atoms with Crippen LogP contribution in [0.2, 0.25) is 0 Å². The Morgan fingerprint density at radius 1 is 0.947 bits per heavy atom. The molecule has 0 radical (unpaired) electrons. The fourth-order valence-electron chi connectivity index (χ4n) is 1.76. The maximum atomic E-state index is 3.44. The van der Waals surface area contributed by atoms with Gasteiger partial charge in [-0.3, -0.25) is 0 Å². The van der Waals surface area contributed by atoms with Crippen LogP contribution in [0.3, 0.4) is 0 Å². The van der Waals surface area contributed by atoms with Crippen molar-refractivity contribution in [3.8, 4) is 0 Å². The van der Waals surface area contributed by atoms with Crippen LogP contribution in [0, 0.1) is 0 Å². The van der Waals surface area contributed by atoms with E-state index in [1.54, 1.807) is 0 Å². The topological polar surface area (TPSA) is 15.3 Å². The van der Waals surface area contributed by atoms with Crippen molar-refractivity contribution >= 4 is 23.1 Å². The van der Waals surface area contributed by atoms with Gasteiger partial charge in [0.15, 0.2) is 0 Å². The SMILES string of the molecule is CN(C)c1ccc(NCCSc2ccccc2)cc1. The first kappa shape index (κ1) is 13.8. The van der Waals surface area contributed by atoms with Crippen LogP contribution in [-0.4, -0.2) is 26.4 Å². The summed E-state index contributed by atoms with van der Waals surface area (Å²) in [6.45, 7) is 0.973. The van der Waals surface area contributed by atoms with E-state index in [0.29, 0.717) is 0 Å². The van der Waals surface area contributed by atoms with E-state index in [-0.39, 0.29) is 0 Å². The van der Waals surface area contributed by atoms with E-state index >= 15 is 0 Å². The molecule has 19 heavy (non-hydrogen) atoms. The summed E-state index contributed by atoms with van der Waals surface area (Å²) in [5.41, 5.74) is 2.41. The Kier molecular flexibility index (Phi) is 5.16. The van der Waals surface area contributed by atoms with Crippen molar-refractivity contribution < 1.29 is 0 Å². The largest absolute Gasteiger partial charge is 0.384 e. The number of rotatable bonds is 6. The molecule has 0 spiro atoms. The van der Waals surface area contributed by atoms with Crippen LogP contribution in [0.5, 0.6) is 0 Å². The average Bonchev–Trinajstić information content (AvgIpc) is 2.45. The quantitative estimate of drug-likeness (QED) is 0.633. The Hall–Kier alpha value is -1.61. The van der Waals surface area contributed by atoms with E-state index < -0.39 is 0 Å². The average molecular weight is 272 g/mol. The first-order valence-corrected chi connectivity index (χ1v) is 7.43. The lowest BCUT2D eigenvalue weighted by molar-refractivity contribution is 1.13. The second-order valence-electron chi connectivity index (χ2n) is 4.53. The number of thioether (sulfide) groups is 1. The molecule has 0 unspecified atom stereocenters. The molecular weight excluding hydrogens is 252 g/mol. The number of anilines is 2. The summed E-state index contributed by atoms with van der Waals surface area (Å²) < 4.78 is 0. The molecule has 0 heterocycles. The van der Waals surface area contributed by atoms with E-state index in [4.69, 9.17) is 0 Å². The molecule has 2 aromatic rings. The lowest BCUT2D eigenvalue weighted by atomic mass is 10.2. The zero-order valence-corrected chi connectivity index (χ0v) is 12.3. The fraction of sp³-hybridized carbons (Fsp3) is 0.250. The third-order valence-electron chi connectivity index (χ3n) is 2.83. The van der Waals surface area contributed by atoms with Gasteiger partial charge in [-0.05, 0) is 36.4 Å². The summed E-state index contributed by atoms with van der Waals surface area (Å²) in [5, 5.41) is 3.44. The molecule has 0 aliphatic carbocycles. The molecule has 2 nitrogen and oxygen atoms in total. The molecule has 2 aromatic carbocycles. The molecule has 0 aliphatic rings. The molecule has 0 bridgehead atoms. The predicted octanol–water partition coefficient (Wildman–Crippen LogP) is 3.96. The van der Waals surface area contributed by atoms with Gasteiger partial charge in [0.25, 0.3) is 0 Å². The summed E-state index contributed by atoms with van der Waals surface area (Å²) in [7, 11) is 4.11. The minimum absolute atomic E-state index is 0.973. The van der Waals surface area contributed by atoms with E-state index in [2.05, 4.69) is 78.9 Å². The first-order chi connectivity index (χ1) is 9.25. The highest BCUT2D eigenvalue weighted by Crippen LogP contribution is 2.18. The Balaban J connectivity index is 1.74. The van der Waals surface area contributed by atoms with Gasteiger partial charge in [0.1, 0.15) is 0 Å². The second kappa shape index (κ2) is 7.10. The lowest BCUT2D eigenvalue weighted by Gasteiger charge is -2.13. The van der Waals surface area contributed by atoms with Crippen LogP contribution >= 0.6 is 11.8 Å². The number of nitrogens with zero attached hydrogens (tertiary/aromatic N) is 1. The highest BCUT2D eigenvalue weighted by atomic mass is 32.2. The van der Waals surface area contributed by atoms with Gasteiger partial charge >= 0.3 is 0 Å². The number of benzene rings is 2. The molecule has 0 saturated carbocycles. The van der Waals surface area contributed by atoms with Gasteiger partial charge in [-0.2, -0.15) is 0 Å². The minimum Gasteiger partial charge on any atom is -0.384 e. The van der Waals surface area contributed by atoms with Gasteiger partial charge in [-0.25, -0.2) is 0 Å². The molecule has 0 saturated heterocycles. The highest BCUT2D eigenvalue weighted by Gasteiger charge is 1.96. The lowest BCUT2D eigenvalue weighted by Crippen LogP contribution is -2.09. The normalized spacial score (nSPS) is 10.2. The molecule has 1 N–H and O–H groups in total. The molecule has 0 amide bonds. The Morgan fingerprint density at radius 3 is 2.26 bits per heavy atom. The van der Waals surface area contributed by atoms with Crippen molar-refractivity contribution in [2.45, 2.75) is 4.90 Å². The van der Waals surface area contributed by atoms with Crippen molar-refractivity contribution in [1.82, 2.24) is 0 Å². The minimum atomic E-state index is 0.973. The Bertz CT molecular complexity index is 480. The van der Waals surface area contributed by atoms with Crippen molar-refractivity contribution in [2.75, 3.05) is 36.6 Å². The van der Waals surface area contributed by atoms with Crippen LogP contribution < -0.4 is 10.2 Å². The number of hydrogen-bond acceptors (Lipinski definition) is 3. The van der Waals surface area contributed by atoms with Crippen molar-refractivity contribution in [3.05, 3.63) is 54.6 Å². The van der Waals surface area contributed by atoms with E-state index in [1.165, 1.54) is 16.3 Å². The van der Waals surface area contributed by atoms with Crippen LogP contribution in [0.15, 0.2) is 59.5 Å². The molecular formula is C16H20N2S. The summed E-state index contributed by atoms with van der Waals surface area (Å²) in [6, 6.07) is 19.0. The van der Waals surface area contributed by atoms with E-state index in [0.717, 1.165) is 12.3 Å². The molecule has 100 valence electrons. The van der Waals surface area contributed by atoms with Gasteiger partial charge < -0.3 is 10.2 Å². The molecule has 0 atom stereocenters. The summed E-state index contributed by atoms with van der Waals surface area (Å²) in [6.07, 6.45) is 0. The number of hydrogen-bond donors (Lipinski definition) is 1. The smallest absolute Gasteiger partial charge is 0.0362 e. The van der Waals surface area contributed by atoms with Crippen molar-refractivity contribution in [3.63, 3.8) is 0 Å². The second-order valence-corrected chi connectivity index (χ2v) is 5.70. The number of nitrogens with one attached hydrogen (secondary N) is 1. The van der Waals surface area contributed by atoms with Crippen molar-refractivity contribution in [1.29, 1.82) is 0 Å². The molecule has 0 aliphatic heterocycles. The van der Waals surface area contributed by atoms with Crippen LogP contribution in [0.4, 0.5) is 11.4 Å². The zero-order chi connectivity index (χ0) is 13.5. The molecule has 0 aromatic heterocycles. The van der Waals surface area contributed by atoms with Crippen LogP contribution in [0.25, 0.3) is 0 Å². The zero-order valence-electron chi connectivity index (χ0n) is 11.5. The fourth-order valence-corrected chi connectivity index (χ4v) is 2.55. The van der Waals surface area contributed by atoms with Gasteiger partial charge in [0, 0.05) is 42.7 Å². The Labute approximate surface area is 119 Å². The Morgan fingerprint density at radius 2 is 1.63 bits per heavy atom. The molecule has 3 heteroatoms. The highest BCUT2D eigenvalue weighted by molar-refractivity contribution is 7.99. The molecule has 0 fully saturated rings. The van der Waals surface area contributed by atoms with Gasteiger partial charge in [-0.1, -0.05) is 18.2 Å². The van der Waals surface area contributed by atoms with E-state index in [1.807, 2.05) is 11.8 Å². The maximum absolute atomic E-state index is 3.44. The first-order valence-electron chi connectivity index (χ1n) is 6.45. The summed E-state index contributed by atoms with van der Waals surface area (Å²) in [5.74, 6) is 1.07.